The number of rotatable bonds is 3. The topological polar surface area (TPSA) is 50.9 Å². The number of hydrogen-bond acceptors (Lipinski definition) is 3. The van der Waals surface area contributed by atoms with Crippen LogP contribution in [0.1, 0.15) is 23.1 Å². The van der Waals surface area contributed by atoms with Crippen LogP contribution in [0.5, 0.6) is 0 Å². The van der Waals surface area contributed by atoms with Gasteiger partial charge in [0.15, 0.2) is 0 Å². The fraction of sp³-hybridized carbons (Fsp3) is 0.333. The van der Waals surface area contributed by atoms with E-state index in [1.54, 1.807) is 17.1 Å². The Morgan fingerprint density at radius 3 is 2.67 bits per heavy atom. The second kappa shape index (κ2) is 5.50. The van der Waals surface area contributed by atoms with Crippen molar-refractivity contribution in [3.05, 3.63) is 44.4 Å². The van der Waals surface area contributed by atoms with Gasteiger partial charge in [-0.15, -0.1) is 0 Å². The number of aliphatic hydroxyl groups is 1. The molecule has 6 heteroatoms. The number of aryl methyl sites for hydroxylation is 2. The third kappa shape index (κ3) is 2.81. The van der Waals surface area contributed by atoms with Crippen LogP contribution in [0.15, 0.2) is 27.4 Å². The molecule has 0 aliphatic heterocycles. The molecular formula is C12H13Br2N3O. The number of hydrogen-bond donors (Lipinski definition) is 1. The Kier molecular flexibility index (Phi) is 4.19. The van der Waals surface area contributed by atoms with Gasteiger partial charge in [-0.05, 0) is 44.8 Å². The van der Waals surface area contributed by atoms with Crippen molar-refractivity contribution < 1.29 is 5.11 Å². The zero-order valence-corrected chi connectivity index (χ0v) is 13.2. The Hall–Kier alpha value is -0.720. The normalized spacial score (nSPS) is 12.7. The molecule has 0 saturated carbocycles. The Morgan fingerprint density at radius 1 is 1.39 bits per heavy atom. The van der Waals surface area contributed by atoms with Gasteiger partial charge in [0.2, 0.25) is 0 Å². The number of aliphatic hydroxyl groups excluding tert-OH is 1. The van der Waals surface area contributed by atoms with E-state index in [0.29, 0.717) is 6.42 Å². The number of pyridine rings is 1. The molecule has 0 spiro atoms. The number of nitrogens with zero attached hydrogens (tertiary/aromatic N) is 3. The molecule has 0 aliphatic carbocycles. The second-order valence-electron chi connectivity index (χ2n) is 4.13. The molecule has 0 radical (unpaired) electrons. The van der Waals surface area contributed by atoms with E-state index >= 15 is 0 Å². The third-order valence-corrected chi connectivity index (χ3v) is 4.22. The maximum Gasteiger partial charge on any atom is 0.0860 e. The number of halogens is 2. The van der Waals surface area contributed by atoms with Crippen LogP contribution in [0.3, 0.4) is 0 Å². The molecular weight excluding hydrogens is 362 g/mol. The van der Waals surface area contributed by atoms with E-state index in [0.717, 1.165) is 25.9 Å². The lowest BCUT2D eigenvalue weighted by molar-refractivity contribution is 0.175. The molecule has 0 amide bonds. The predicted octanol–water partition coefficient (Wildman–Crippen LogP) is 2.92. The van der Waals surface area contributed by atoms with Crippen molar-refractivity contribution in [2.45, 2.75) is 19.4 Å². The molecule has 1 unspecified atom stereocenters. The highest BCUT2D eigenvalue weighted by Gasteiger charge is 2.16. The van der Waals surface area contributed by atoms with Gasteiger partial charge in [0.05, 0.1) is 22.0 Å². The van der Waals surface area contributed by atoms with Crippen molar-refractivity contribution in [2.75, 3.05) is 0 Å². The molecule has 2 aromatic rings. The van der Waals surface area contributed by atoms with E-state index in [1.165, 1.54) is 0 Å². The summed E-state index contributed by atoms with van der Waals surface area (Å²) in [5.41, 5.74) is 2.68. The van der Waals surface area contributed by atoms with Crippen molar-refractivity contribution in [1.82, 2.24) is 14.8 Å². The minimum Gasteiger partial charge on any atom is -0.388 e. The maximum absolute atomic E-state index is 10.2. The lowest BCUT2D eigenvalue weighted by Crippen LogP contribution is -2.07. The van der Waals surface area contributed by atoms with E-state index < -0.39 is 6.10 Å². The van der Waals surface area contributed by atoms with Crippen molar-refractivity contribution in [1.29, 1.82) is 0 Å². The van der Waals surface area contributed by atoms with Gasteiger partial charge in [0.25, 0.3) is 0 Å². The van der Waals surface area contributed by atoms with Crippen LogP contribution in [-0.4, -0.2) is 19.9 Å². The first kappa shape index (κ1) is 13.7. The molecule has 2 rings (SSSR count). The van der Waals surface area contributed by atoms with Gasteiger partial charge >= 0.3 is 0 Å². The second-order valence-corrected chi connectivity index (χ2v) is 5.83. The summed E-state index contributed by atoms with van der Waals surface area (Å²) in [6, 6.07) is 1.87. The average molecular weight is 375 g/mol. The summed E-state index contributed by atoms with van der Waals surface area (Å²) in [6.07, 6.45) is 3.27. The van der Waals surface area contributed by atoms with Gasteiger partial charge in [-0.1, -0.05) is 0 Å². The third-order valence-electron chi connectivity index (χ3n) is 2.76. The summed E-state index contributed by atoms with van der Waals surface area (Å²) < 4.78 is 3.60. The lowest BCUT2D eigenvalue weighted by Gasteiger charge is -2.11. The summed E-state index contributed by atoms with van der Waals surface area (Å²) in [6.45, 7) is 1.93. The standard InChI is InChI=1S/C12H13Br2N3O/c1-7-12(14)10(17(2)16-7)4-11(18)8-3-9(13)6-15-5-8/h3,5-6,11,18H,4H2,1-2H3. The molecule has 0 aromatic carbocycles. The lowest BCUT2D eigenvalue weighted by atomic mass is 10.1. The largest absolute Gasteiger partial charge is 0.388 e. The van der Waals surface area contributed by atoms with E-state index in [9.17, 15) is 5.11 Å². The van der Waals surface area contributed by atoms with E-state index in [1.807, 2.05) is 20.0 Å². The van der Waals surface area contributed by atoms with Gasteiger partial charge in [-0.3, -0.25) is 9.67 Å². The highest BCUT2D eigenvalue weighted by molar-refractivity contribution is 9.10. The Bertz CT molecular complexity index is 568. The van der Waals surface area contributed by atoms with Gasteiger partial charge in [-0.2, -0.15) is 5.10 Å². The van der Waals surface area contributed by atoms with Crippen molar-refractivity contribution in [3.8, 4) is 0 Å². The summed E-state index contributed by atoms with van der Waals surface area (Å²) in [7, 11) is 1.87. The minimum absolute atomic E-state index is 0.496. The quantitative estimate of drug-likeness (QED) is 0.898. The smallest absolute Gasteiger partial charge is 0.0860 e. The SMILES string of the molecule is Cc1nn(C)c(CC(O)c2cncc(Br)c2)c1Br. The van der Waals surface area contributed by atoms with Crippen molar-refractivity contribution >= 4 is 31.9 Å². The monoisotopic (exact) mass is 373 g/mol. The zero-order valence-electron chi connectivity index (χ0n) is 10.1. The first-order chi connectivity index (χ1) is 8.49. The van der Waals surface area contributed by atoms with Crippen LogP contribution in [-0.2, 0) is 13.5 Å². The van der Waals surface area contributed by atoms with Crippen LogP contribution in [0.4, 0.5) is 0 Å². The molecule has 0 saturated heterocycles. The van der Waals surface area contributed by atoms with Crippen LogP contribution >= 0.6 is 31.9 Å². The highest BCUT2D eigenvalue weighted by atomic mass is 79.9. The van der Waals surface area contributed by atoms with Crippen LogP contribution < -0.4 is 0 Å². The molecule has 96 valence electrons. The number of aromatic nitrogens is 3. The molecule has 1 atom stereocenters. The van der Waals surface area contributed by atoms with Gasteiger partial charge < -0.3 is 5.11 Å². The van der Waals surface area contributed by atoms with E-state index in [2.05, 4.69) is 41.9 Å². The fourth-order valence-corrected chi connectivity index (χ4v) is 2.69. The fourth-order valence-electron chi connectivity index (χ4n) is 1.81. The van der Waals surface area contributed by atoms with Gasteiger partial charge in [-0.25, -0.2) is 0 Å². The van der Waals surface area contributed by atoms with Crippen LogP contribution in [0.25, 0.3) is 0 Å². The Balaban J connectivity index is 2.24. The van der Waals surface area contributed by atoms with Gasteiger partial charge in [0.1, 0.15) is 0 Å². The summed E-state index contributed by atoms with van der Waals surface area (Å²) in [5, 5.41) is 14.5. The molecule has 18 heavy (non-hydrogen) atoms. The van der Waals surface area contributed by atoms with E-state index in [-0.39, 0.29) is 0 Å². The maximum atomic E-state index is 10.2. The highest BCUT2D eigenvalue weighted by Crippen LogP contribution is 2.26. The first-order valence-electron chi connectivity index (χ1n) is 5.45. The molecule has 1 N–H and O–H groups in total. The molecule has 0 fully saturated rings. The summed E-state index contributed by atoms with van der Waals surface area (Å²) in [5.74, 6) is 0. The molecule has 2 heterocycles. The van der Waals surface area contributed by atoms with Crippen molar-refractivity contribution in [2.24, 2.45) is 7.05 Å². The predicted molar refractivity (Wildman–Crippen MR) is 76.2 cm³/mol. The molecule has 4 nitrogen and oxygen atoms in total. The minimum atomic E-state index is -0.596. The summed E-state index contributed by atoms with van der Waals surface area (Å²) >= 11 is 6.85. The first-order valence-corrected chi connectivity index (χ1v) is 7.04. The zero-order chi connectivity index (χ0) is 13.3. The van der Waals surface area contributed by atoms with Crippen molar-refractivity contribution in [3.63, 3.8) is 0 Å². The molecule has 2 aromatic heterocycles. The van der Waals surface area contributed by atoms with Gasteiger partial charge in [0, 0.05) is 35.9 Å². The average Bonchev–Trinajstić information content (AvgIpc) is 2.56. The Morgan fingerprint density at radius 2 is 2.11 bits per heavy atom. The van der Waals surface area contributed by atoms with Crippen LogP contribution in [0.2, 0.25) is 0 Å². The Labute approximate surface area is 122 Å². The van der Waals surface area contributed by atoms with Crippen LogP contribution in [0, 0.1) is 6.92 Å². The van der Waals surface area contributed by atoms with E-state index in [4.69, 9.17) is 0 Å². The molecule has 0 aliphatic rings. The molecule has 0 bridgehead atoms. The summed E-state index contributed by atoms with van der Waals surface area (Å²) in [4.78, 5) is 4.06.